The van der Waals surface area contributed by atoms with Crippen LogP contribution in [0.2, 0.25) is 0 Å². The minimum absolute atomic E-state index is 0.115. The van der Waals surface area contributed by atoms with Crippen LogP contribution < -0.4 is 4.74 Å². The van der Waals surface area contributed by atoms with Crippen molar-refractivity contribution in [1.82, 2.24) is 4.90 Å². The van der Waals surface area contributed by atoms with Crippen molar-refractivity contribution in [2.45, 2.75) is 19.4 Å². The molecule has 144 valence electrons. The molecule has 1 amide bonds. The Kier molecular flexibility index (Phi) is 6.49. The number of ether oxygens (including phenoxy) is 1. The fourth-order valence-corrected chi connectivity index (χ4v) is 3.97. The van der Waals surface area contributed by atoms with Crippen LogP contribution in [0.15, 0.2) is 59.5 Å². The lowest BCUT2D eigenvalue weighted by Gasteiger charge is -2.14. The van der Waals surface area contributed by atoms with Crippen molar-refractivity contribution in [2.24, 2.45) is 0 Å². The molecule has 1 aliphatic rings. The largest absolute Gasteiger partial charge is 0.479 e. The Morgan fingerprint density at radius 1 is 1.25 bits per heavy atom. The van der Waals surface area contributed by atoms with Crippen LogP contribution in [-0.4, -0.2) is 38.9 Å². The summed E-state index contributed by atoms with van der Waals surface area (Å²) in [4.78, 5) is 25.8. The number of carbonyl (C=O) groups excluding carboxylic acids is 1. The number of benzene rings is 2. The topological polar surface area (TPSA) is 66.8 Å². The zero-order valence-corrected chi connectivity index (χ0v) is 16.8. The van der Waals surface area contributed by atoms with E-state index in [1.54, 1.807) is 29.2 Å². The van der Waals surface area contributed by atoms with Crippen molar-refractivity contribution in [3.8, 4) is 5.75 Å². The van der Waals surface area contributed by atoms with E-state index in [-0.39, 0.29) is 5.91 Å². The maximum atomic E-state index is 12.7. The maximum absolute atomic E-state index is 12.7. The zero-order chi connectivity index (χ0) is 20.1. The van der Waals surface area contributed by atoms with Gasteiger partial charge in [-0.3, -0.25) is 9.69 Å². The van der Waals surface area contributed by atoms with E-state index in [1.807, 2.05) is 36.4 Å². The molecule has 1 saturated heterocycles. The summed E-state index contributed by atoms with van der Waals surface area (Å²) in [7, 11) is 0. The van der Waals surface area contributed by atoms with Gasteiger partial charge in [0, 0.05) is 6.54 Å². The van der Waals surface area contributed by atoms with Gasteiger partial charge in [0.1, 0.15) is 10.1 Å². The molecule has 0 aliphatic carbocycles. The number of amides is 1. The molecule has 3 rings (SSSR count). The number of carboxylic acids is 1. The molecule has 2 aromatic rings. The van der Waals surface area contributed by atoms with E-state index in [0.29, 0.717) is 21.5 Å². The van der Waals surface area contributed by atoms with Crippen molar-refractivity contribution in [3.63, 3.8) is 0 Å². The molecule has 0 spiro atoms. The fraction of sp³-hybridized carbons (Fsp3) is 0.190. The van der Waals surface area contributed by atoms with Crippen LogP contribution >= 0.6 is 24.0 Å². The predicted molar refractivity (Wildman–Crippen MR) is 114 cm³/mol. The number of thiocarbonyl (C=S) groups is 1. The summed E-state index contributed by atoms with van der Waals surface area (Å²) in [6.07, 6.45) is 1.53. The Balaban J connectivity index is 1.70. The lowest BCUT2D eigenvalue weighted by Crippen LogP contribution is -2.30. The number of aliphatic carboxylic acids is 1. The number of nitrogens with zero attached hydrogens (tertiary/aromatic N) is 1. The Hall–Kier alpha value is -2.64. The molecule has 28 heavy (non-hydrogen) atoms. The summed E-state index contributed by atoms with van der Waals surface area (Å²) < 4.78 is 5.92. The molecular formula is C21H19NO4S2. The molecule has 7 heteroatoms. The molecule has 2 aromatic carbocycles. The molecule has 0 bridgehead atoms. The van der Waals surface area contributed by atoms with Crippen LogP contribution in [0.3, 0.4) is 0 Å². The summed E-state index contributed by atoms with van der Waals surface area (Å²) in [6, 6.07) is 16.9. The quantitative estimate of drug-likeness (QED) is 0.547. The Bertz CT molecular complexity index is 927. The van der Waals surface area contributed by atoms with Gasteiger partial charge in [0.05, 0.1) is 4.91 Å². The van der Waals surface area contributed by atoms with Gasteiger partial charge < -0.3 is 9.84 Å². The van der Waals surface area contributed by atoms with Gasteiger partial charge in [-0.25, -0.2) is 4.79 Å². The summed E-state index contributed by atoms with van der Waals surface area (Å²) in [5.41, 5.74) is 1.90. The van der Waals surface area contributed by atoms with Crippen molar-refractivity contribution in [3.05, 3.63) is 70.6 Å². The van der Waals surface area contributed by atoms with E-state index in [4.69, 9.17) is 22.1 Å². The molecule has 1 heterocycles. The molecule has 1 unspecified atom stereocenters. The molecule has 5 nitrogen and oxygen atoms in total. The normalized spacial score (nSPS) is 16.5. The Labute approximate surface area is 173 Å². The number of carboxylic acid groups (broad SMARTS) is 1. The molecule has 0 saturated carbocycles. The first kappa shape index (κ1) is 20.1. The second-order valence-corrected chi connectivity index (χ2v) is 7.92. The maximum Gasteiger partial charge on any atom is 0.344 e. The van der Waals surface area contributed by atoms with Crippen LogP contribution in [0, 0.1) is 0 Å². The number of carbonyl (C=O) groups is 2. The first-order valence-corrected chi connectivity index (χ1v) is 9.95. The molecule has 1 N–H and O–H groups in total. The van der Waals surface area contributed by atoms with E-state index in [1.165, 1.54) is 18.7 Å². The van der Waals surface area contributed by atoms with Crippen molar-refractivity contribution in [1.29, 1.82) is 0 Å². The van der Waals surface area contributed by atoms with Crippen LogP contribution in [0.1, 0.15) is 18.1 Å². The van der Waals surface area contributed by atoms with Gasteiger partial charge in [0.25, 0.3) is 5.91 Å². The smallest absolute Gasteiger partial charge is 0.344 e. The SMILES string of the molecule is CC(Oc1cccc(/C=C2/SC(=S)N(CCc3ccccc3)C2=O)c1)C(=O)O. The zero-order valence-electron chi connectivity index (χ0n) is 15.2. The number of rotatable bonds is 7. The third-order valence-electron chi connectivity index (χ3n) is 4.16. The lowest BCUT2D eigenvalue weighted by molar-refractivity contribution is -0.144. The van der Waals surface area contributed by atoms with Gasteiger partial charge in [-0.15, -0.1) is 0 Å². The molecule has 1 fully saturated rings. The van der Waals surface area contributed by atoms with Crippen LogP contribution in [0.5, 0.6) is 5.75 Å². The fourth-order valence-electron chi connectivity index (χ4n) is 2.66. The van der Waals surface area contributed by atoms with Gasteiger partial charge in [0.2, 0.25) is 0 Å². The highest BCUT2D eigenvalue weighted by Gasteiger charge is 2.31. The van der Waals surface area contributed by atoms with Gasteiger partial charge >= 0.3 is 5.97 Å². The average molecular weight is 414 g/mol. The van der Waals surface area contributed by atoms with Gasteiger partial charge in [-0.2, -0.15) is 0 Å². The van der Waals surface area contributed by atoms with Gasteiger partial charge in [0.15, 0.2) is 6.10 Å². The van der Waals surface area contributed by atoms with Crippen LogP contribution in [0.4, 0.5) is 0 Å². The number of thioether (sulfide) groups is 1. The number of hydrogen-bond acceptors (Lipinski definition) is 5. The lowest BCUT2D eigenvalue weighted by atomic mass is 10.1. The van der Waals surface area contributed by atoms with Crippen molar-refractivity contribution >= 4 is 46.3 Å². The number of hydrogen-bond donors (Lipinski definition) is 1. The van der Waals surface area contributed by atoms with E-state index >= 15 is 0 Å². The molecular weight excluding hydrogens is 394 g/mol. The van der Waals surface area contributed by atoms with Crippen molar-refractivity contribution < 1.29 is 19.4 Å². The average Bonchev–Trinajstić information content (AvgIpc) is 2.94. The van der Waals surface area contributed by atoms with Gasteiger partial charge in [-0.1, -0.05) is 66.4 Å². The van der Waals surface area contributed by atoms with E-state index in [2.05, 4.69) is 0 Å². The standard InChI is InChI=1S/C21H19NO4S2/c1-14(20(24)25)26-17-9-5-8-16(12-17)13-18-19(23)22(21(27)28-18)11-10-15-6-3-2-4-7-15/h2-9,12-14H,10-11H2,1H3,(H,24,25)/b18-13+. The van der Waals surface area contributed by atoms with Crippen molar-refractivity contribution in [2.75, 3.05) is 6.54 Å². The second-order valence-electron chi connectivity index (χ2n) is 6.24. The summed E-state index contributed by atoms with van der Waals surface area (Å²) in [5, 5.41) is 8.96. The highest BCUT2D eigenvalue weighted by molar-refractivity contribution is 8.26. The molecule has 0 aromatic heterocycles. The van der Waals surface area contributed by atoms with Gasteiger partial charge in [-0.05, 0) is 42.7 Å². The summed E-state index contributed by atoms with van der Waals surface area (Å²) >= 11 is 6.65. The highest BCUT2D eigenvalue weighted by atomic mass is 32.2. The summed E-state index contributed by atoms with van der Waals surface area (Å²) in [6.45, 7) is 2.00. The highest BCUT2D eigenvalue weighted by Crippen LogP contribution is 2.33. The first-order chi connectivity index (χ1) is 13.4. The third-order valence-corrected chi connectivity index (χ3v) is 5.53. The minimum Gasteiger partial charge on any atom is -0.479 e. The minimum atomic E-state index is -1.04. The first-order valence-electron chi connectivity index (χ1n) is 8.73. The monoisotopic (exact) mass is 413 g/mol. The second kappa shape index (κ2) is 9.03. The Morgan fingerprint density at radius 2 is 2.00 bits per heavy atom. The van der Waals surface area contributed by atoms with Crippen LogP contribution in [0.25, 0.3) is 6.08 Å². The van der Waals surface area contributed by atoms with E-state index in [9.17, 15) is 9.59 Å². The predicted octanol–water partition coefficient (Wildman–Crippen LogP) is 3.98. The molecule has 1 aliphatic heterocycles. The molecule has 1 atom stereocenters. The third kappa shape index (κ3) is 4.99. The molecule has 0 radical (unpaired) electrons. The van der Waals surface area contributed by atoms with E-state index in [0.717, 1.165) is 17.5 Å². The summed E-state index contributed by atoms with van der Waals surface area (Å²) in [5.74, 6) is -0.718. The van der Waals surface area contributed by atoms with Crippen LogP contribution in [-0.2, 0) is 16.0 Å². The Morgan fingerprint density at radius 3 is 2.71 bits per heavy atom. The van der Waals surface area contributed by atoms with E-state index < -0.39 is 12.1 Å².